The molecule has 0 aliphatic carbocycles. The molecule has 0 radical (unpaired) electrons. The number of hydrogen-bond acceptors (Lipinski definition) is 2. The van der Waals surface area contributed by atoms with Gasteiger partial charge in [-0.05, 0) is 35.9 Å². The molecule has 0 aromatic heterocycles. The van der Waals surface area contributed by atoms with Gasteiger partial charge in [-0.1, -0.05) is 41.4 Å². The highest BCUT2D eigenvalue weighted by atomic mass is 35.5. The molecule has 2 aromatic rings. The quantitative estimate of drug-likeness (QED) is 0.734. The molecule has 2 nitrogen and oxygen atoms in total. The van der Waals surface area contributed by atoms with Gasteiger partial charge in [0.25, 0.3) is 0 Å². The van der Waals surface area contributed by atoms with Gasteiger partial charge >= 0.3 is 0 Å². The fourth-order valence-electron chi connectivity index (χ4n) is 1.58. The molecule has 0 saturated heterocycles. The Kier molecular flexibility index (Phi) is 4.70. The van der Waals surface area contributed by atoms with Crippen molar-refractivity contribution in [1.82, 2.24) is 0 Å². The van der Waals surface area contributed by atoms with Crippen LogP contribution in [-0.4, -0.2) is 5.24 Å². The van der Waals surface area contributed by atoms with E-state index in [0.29, 0.717) is 27.1 Å². The normalized spacial score (nSPS) is 10.3. The molecule has 0 aliphatic heterocycles. The zero-order chi connectivity index (χ0) is 13.8. The van der Waals surface area contributed by atoms with Crippen molar-refractivity contribution in [3.63, 3.8) is 0 Å². The van der Waals surface area contributed by atoms with Crippen LogP contribution in [0.25, 0.3) is 0 Å². The molecular formula is C14H9Cl3O2. The highest BCUT2D eigenvalue weighted by Gasteiger charge is 2.09. The Bertz CT molecular complexity index is 611. The van der Waals surface area contributed by atoms with Crippen molar-refractivity contribution in [2.45, 2.75) is 6.42 Å². The first-order chi connectivity index (χ1) is 9.06. The Balaban J connectivity index is 2.30. The minimum absolute atomic E-state index is 0.100. The smallest absolute Gasteiger partial charge is 0.226 e. The number of para-hydroxylation sites is 1. The van der Waals surface area contributed by atoms with Crippen LogP contribution in [0.5, 0.6) is 11.5 Å². The van der Waals surface area contributed by atoms with E-state index in [1.54, 1.807) is 36.4 Å². The summed E-state index contributed by atoms with van der Waals surface area (Å²) in [6.45, 7) is 0. The number of ether oxygens (including phenoxy) is 1. The standard InChI is InChI=1S/C14H9Cl3O2/c15-10-5-6-13(11(16)8-10)19-12-4-2-1-3-9(12)7-14(17)18/h1-6,8H,7H2. The lowest BCUT2D eigenvalue weighted by Gasteiger charge is -2.11. The first-order valence-electron chi connectivity index (χ1n) is 5.45. The Labute approximate surface area is 125 Å². The van der Waals surface area contributed by atoms with E-state index < -0.39 is 5.24 Å². The highest BCUT2D eigenvalue weighted by Crippen LogP contribution is 2.33. The molecule has 0 spiro atoms. The molecule has 0 amide bonds. The second-order valence-corrected chi connectivity index (χ2v) is 5.08. The summed E-state index contributed by atoms with van der Waals surface area (Å²) in [5, 5.41) is 0.485. The van der Waals surface area contributed by atoms with Gasteiger partial charge in [-0.25, -0.2) is 0 Å². The number of rotatable bonds is 4. The Morgan fingerprint density at radius 1 is 1.05 bits per heavy atom. The molecule has 2 aromatic carbocycles. The predicted octanol–water partition coefficient (Wildman–Crippen LogP) is 5.09. The van der Waals surface area contributed by atoms with E-state index in [9.17, 15) is 4.79 Å². The van der Waals surface area contributed by atoms with Crippen LogP contribution in [0, 0.1) is 0 Å². The summed E-state index contributed by atoms with van der Waals surface area (Å²) in [5.74, 6) is 1.02. The van der Waals surface area contributed by atoms with Crippen molar-refractivity contribution in [2.75, 3.05) is 0 Å². The van der Waals surface area contributed by atoms with Gasteiger partial charge in [-0.2, -0.15) is 0 Å². The van der Waals surface area contributed by atoms with Gasteiger partial charge in [-0.15, -0.1) is 0 Å². The van der Waals surface area contributed by atoms with E-state index in [4.69, 9.17) is 39.5 Å². The van der Waals surface area contributed by atoms with Crippen LogP contribution in [0.2, 0.25) is 10.0 Å². The fourth-order valence-corrected chi connectivity index (χ4v) is 2.17. The van der Waals surface area contributed by atoms with Crippen molar-refractivity contribution < 1.29 is 9.53 Å². The molecule has 0 saturated carbocycles. The summed E-state index contributed by atoms with van der Waals surface area (Å²) >= 11 is 17.3. The van der Waals surface area contributed by atoms with E-state index in [1.807, 2.05) is 6.07 Å². The lowest BCUT2D eigenvalue weighted by molar-refractivity contribution is -0.111. The van der Waals surface area contributed by atoms with Gasteiger partial charge in [0.05, 0.1) is 11.4 Å². The summed E-state index contributed by atoms with van der Waals surface area (Å²) in [6.07, 6.45) is 0.100. The van der Waals surface area contributed by atoms with E-state index >= 15 is 0 Å². The van der Waals surface area contributed by atoms with Crippen molar-refractivity contribution in [3.8, 4) is 11.5 Å². The topological polar surface area (TPSA) is 26.3 Å². The van der Waals surface area contributed by atoms with E-state index in [1.165, 1.54) is 0 Å². The van der Waals surface area contributed by atoms with Crippen LogP contribution >= 0.6 is 34.8 Å². The molecule has 0 unspecified atom stereocenters. The van der Waals surface area contributed by atoms with Gasteiger partial charge in [0, 0.05) is 10.6 Å². The summed E-state index contributed by atoms with van der Waals surface area (Å²) in [5.41, 5.74) is 0.702. The van der Waals surface area contributed by atoms with Crippen LogP contribution in [0.15, 0.2) is 42.5 Å². The van der Waals surface area contributed by atoms with Gasteiger partial charge in [0.2, 0.25) is 5.24 Å². The Morgan fingerprint density at radius 3 is 2.47 bits per heavy atom. The first-order valence-corrected chi connectivity index (χ1v) is 6.59. The average Bonchev–Trinajstić information content (AvgIpc) is 2.34. The van der Waals surface area contributed by atoms with E-state index in [-0.39, 0.29) is 6.42 Å². The van der Waals surface area contributed by atoms with Crippen molar-refractivity contribution in [3.05, 3.63) is 58.1 Å². The molecule has 2 rings (SSSR count). The highest BCUT2D eigenvalue weighted by molar-refractivity contribution is 6.63. The van der Waals surface area contributed by atoms with Crippen LogP contribution < -0.4 is 4.74 Å². The molecule has 0 aliphatic rings. The second kappa shape index (κ2) is 6.29. The van der Waals surface area contributed by atoms with Crippen LogP contribution in [0.3, 0.4) is 0 Å². The number of carbonyl (C=O) groups is 1. The van der Waals surface area contributed by atoms with E-state index in [2.05, 4.69) is 0 Å². The van der Waals surface area contributed by atoms with Gasteiger partial charge in [0.1, 0.15) is 11.5 Å². The molecule has 0 heterocycles. The summed E-state index contributed by atoms with van der Waals surface area (Å²) < 4.78 is 5.69. The second-order valence-electron chi connectivity index (χ2n) is 3.82. The largest absolute Gasteiger partial charge is 0.456 e. The number of halogens is 3. The van der Waals surface area contributed by atoms with Gasteiger partial charge in [0.15, 0.2) is 0 Å². The third kappa shape index (κ3) is 3.87. The molecule has 19 heavy (non-hydrogen) atoms. The molecule has 0 N–H and O–H groups in total. The van der Waals surface area contributed by atoms with Crippen LogP contribution in [0.4, 0.5) is 0 Å². The fraction of sp³-hybridized carbons (Fsp3) is 0.0714. The maximum Gasteiger partial charge on any atom is 0.226 e. The molecule has 98 valence electrons. The third-order valence-corrected chi connectivity index (χ3v) is 3.08. The van der Waals surface area contributed by atoms with Crippen LogP contribution in [0.1, 0.15) is 5.56 Å². The number of hydrogen-bond donors (Lipinski definition) is 0. The Hall–Kier alpha value is -1.22. The minimum atomic E-state index is -0.446. The molecule has 5 heteroatoms. The predicted molar refractivity (Wildman–Crippen MR) is 77.5 cm³/mol. The van der Waals surface area contributed by atoms with Gasteiger partial charge in [-0.3, -0.25) is 4.79 Å². The van der Waals surface area contributed by atoms with Crippen molar-refractivity contribution >= 4 is 40.0 Å². The van der Waals surface area contributed by atoms with Crippen molar-refractivity contribution in [2.24, 2.45) is 0 Å². The number of carbonyl (C=O) groups excluding carboxylic acids is 1. The first kappa shape index (κ1) is 14.2. The SMILES string of the molecule is O=C(Cl)Cc1ccccc1Oc1ccc(Cl)cc1Cl. The summed E-state index contributed by atoms with van der Waals surface area (Å²) in [6, 6.07) is 12.1. The molecular weight excluding hydrogens is 307 g/mol. The van der Waals surface area contributed by atoms with Gasteiger partial charge < -0.3 is 4.74 Å². The number of benzene rings is 2. The maximum absolute atomic E-state index is 11.0. The molecule has 0 atom stereocenters. The zero-order valence-electron chi connectivity index (χ0n) is 9.70. The monoisotopic (exact) mass is 314 g/mol. The summed E-state index contributed by atoms with van der Waals surface area (Å²) in [7, 11) is 0. The van der Waals surface area contributed by atoms with Crippen molar-refractivity contribution in [1.29, 1.82) is 0 Å². The minimum Gasteiger partial charge on any atom is -0.456 e. The molecule has 0 bridgehead atoms. The maximum atomic E-state index is 11.0. The van der Waals surface area contributed by atoms with Crippen LogP contribution in [-0.2, 0) is 11.2 Å². The van der Waals surface area contributed by atoms with E-state index in [0.717, 1.165) is 0 Å². The average molecular weight is 316 g/mol. The summed E-state index contributed by atoms with van der Waals surface area (Å²) in [4.78, 5) is 11.0. The lowest BCUT2D eigenvalue weighted by Crippen LogP contribution is -1.97. The lowest BCUT2D eigenvalue weighted by atomic mass is 10.1. The zero-order valence-corrected chi connectivity index (χ0v) is 12.0. The molecule has 0 fully saturated rings. The Morgan fingerprint density at radius 2 is 1.79 bits per heavy atom. The third-order valence-electron chi connectivity index (χ3n) is 2.42.